The van der Waals surface area contributed by atoms with E-state index in [0.29, 0.717) is 0 Å². The van der Waals surface area contributed by atoms with Crippen LogP contribution >= 0.6 is 23.2 Å². The van der Waals surface area contributed by atoms with E-state index in [4.69, 9.17) is 33.7 Å². The lowest BCUT2D eigenvalue weighted by Crippen LogP contribution is -2.42. The van der Waals surface area contributed by atoms with Crippen LogP contribution in [0.4, 0.5) is 0 Å². The van der Waals surface area contributed by atoms with Gasteiger partial charge in [-0.2, -0.15) is 10.5 Å². The Morgan fingerprint density at radius 3 is 1.92 bits per heavy atom. The van der Waals surface area contributed by atoms with Gasteiger partial charge in [0.05, 0.1) is 12.1 Å². The predicted molar refractivity (Wildman–Crippen MR) is 48.9 cm³/mol. The van der Waals surface area contributed by atoms with Gasteiger partial charge >= 0.3 is 0 Å². The van der Waals surface area contributed by atoms with Crippen molar-refractivity contribution in [3.05, 3.63) is 0 Å². The zero-order chi connectivity index (χ0) is 9.69. The van der Waals surface area contributed by atoms with Crippen LogP contribution in [-0.2, 0) is 0 Å². The van der Waals surface area contributed by atoms with Gasteiger partial charge in [0.2, 0.25) is 0 Å². The van der Waals surface area contributed by atoms with Crippen molar-refractivity contribution in [3.63, 3.8) is 0 Å². The van der Waals surface area contributed by atoms with E-state index in [1.807, 2.05) is 12.1 Å². The third kappa shape index (κ3) is 0.836. The summed E-state index contributed by atoms with van der Waals surface area (Å²) in [5.41, 5.74) is -1.17. The first-order valence-corrected chi connectivity index (χ1v) is 5.04. The number of hydrogen-bond acceptors (Lipinski definition) is 2. The quantitative estimate of drug-likeness (QED) is 0.583. The highest BCUT2D eigenvalue weighted by Gasteiger charge is 2.68. The van der Waals surface area contributed by atoms with Crippen molar-refractivity contribution in [1.82, 2.24) is 0 Å². The lowest BCUT2D eigenvalue weighted by atomic mass is 9.75. The topological polar surface area (TPSA) is 47.6 Å². The van der Waals surface area contributed by atoms with Gasteiger partial charge in [-0.1, -0.05) is 23.2 Å². The van der Waals surface area contributed by atoms with Crippen molar-refractivity contribution < 1.29 is 0 Å². The Morgan fingerprint density at radius 1 is 1.08 bits per heavy atom. The van der Waals surface area contributed by atoms with Gasteiger partial charge in [-0.05, 0) is 31.1 Å². The zero-order valence-electron chi connectivity index (χ0n) is 6.93. The number of nitriles is 2. The SMILES string of the molecule is N#CC1(C#N)C2CCC(C2)C1(Cl)Cl. The number of rotatable bonds is 0. The molecule has 2 nitrogen and oxygen atoms in total. The highest BCUT2D eigenvalue weighted by Crippen LogP contribution is 2.66. The Bertz CT molecular complexity index is 309. The average Bonchev–Trinajstić information content (AvgIpc) is 2.62. The Labute approximate surface area is 87.0 Å². The van der Waals surface area contributed by atoms with Crippen molar-refractivity contribution in [1.29, 1.82) is 10.5 Å². The molecule has 2 unspecified atom stereocenters. The molecular weight excluding hydrogens is 207 g/mol. The summed E-state index contributed by atoms with van der Waals surface area (Å²) >= 11 is 12.2. The molecule has 0 amide bonds. The van der Waals surface area contributed by atoms with Gasteiger partial charge in [-0.15, -0.1) is 0 Å². The largest absolute Gasteiger partial charge is 0.196 e. The van der Waals surface area contributed by atoms with Crippen LogP contribution in [0.15, 0.2) is 0 Å². The molecule has 2 aliphatic carbocycles. The van der Waals surface area contributed by atoms with Gasteiger partial charge in [0.15, 0.2) is 9.75 Å². The van der Waals surface area contributed by atoms with Gasteiger partial charge in [-0.25, -0.2) is 0 Å². The fourth-order valence-corrected chi connectivity index (χ4v) is 3.53. The maximum Gasteiger partial charge on any atom is 0.179 e. The second kappa shape index (κ2) is 2.53. The highest BCUT2D eigenvalue weighted by atomic mass is 35.5. The van der Waals surface area contributed by atoms with Crippen LogP contribution in [0.5, 0.6) is 0 Å². The van der Waals surface area contributed by atoms with Gasteiger partial charge < -0.3 is 0 Å². The maximum absolute atomic E-state index is 9.03. The summed E-state index contributed by atoms with van der Waals surface area (Å²) in [5.74, 6) is 0.197. The number of alkyl halides is 2. The summed E-state index contributed by atoms with van der Waals surface area (Å²) in [7, 11) is 0. The molecule has 4 heteroatoms. The average molecular weight is 215 g/mol. The molecule has 0 aromatic heterocycles. The third-order valence-electron chi connectivity index (χ3n) is 3.44. The fourth-order valence-electron chi connectivity index (χ4n) is 2.65. The van der Waals surface area contributed by atoms with E-state index in [0.717, 1.165) is 19.3 Å². The van der Waals surface area contributed by atoms with Crippen molar-refractivity contribution in [2.24, 2.45) is 17.3 Å². The molecule has 2 aliphatic rings. The molecular formula is C9H8Cl2N2. The van der Waals surface area contributed by atoms with E-state index in [-0.39, 0.29) is 11.8 Å². The van der Waals surface area contributed by atoms with Crippen LogP contribution in [0.3, 0.4) is 0 Å². The van der Waals surface area contributed by atoms with Crippen molar-refractivity contribution in [2.45, 2.75) is 23.6 Å². The van der Waals surface area contributed by atoms with Crippen molar-refractivity contribution in [3.8, 4) is 12.1 Å². The van der Waals surface area contributed by atoms with Crippen LogP contribution < -0.4 is 0 Å². The van der Waals surface area contributed by atoms with E-state index in [1.165, 1.54) is 0 Å². The van der Waals surface area contributed by atoms with Crippen LogP contribution in [-0.4, -0.2) is 4.33 Å². The summed E-state index contributed by atoms with van der Waals surface area (Å²) in [6.07, 6.45) is 2.68. The molecule has 13 heavy (non-hydrogen) atoms. The fraction of sp³-hybridized carbons (Fsp3) is 0.778. The zero-order valence-corrected chi connectivity index (χ0v) is 8.44. The number of nitrogens with zero attached hydrogens (tertiary/aromatic N) is 2. The molecule has 0 heterocycles. The number of halogens is 2. The van der Waals surface area contributed by atoms with Gasteiger partial charge in [0.1, 0.15) is 0 Å². The Hall–Kier alpha value is -0.440. The first-order valence-electron chi connectivity index (χ1n) is 4.29. The third-order valence-corrected chi connectivity index (χ3v) is 4.65. The van der Waals surface area contributed by atoms with Crippen LogP contribution in [0.25, 0.3) is 0 Å². The molecule has 2 fully saturated rings. The Morgan fingerprint density at radius 2 is 1.62 bits per heavy atom. The molecule has 0 aromatic rings. The van der Waals surface area contributed by atoms with Crippen molar-refractivity contribution in [2.75, 3.05) is 0 Å². The minimum absolute atomic E-state index is 0.0718. The first-order chi connectivity index (χ1) is 6.08. The molecule has 0 N–H and O–H groups in total. The minimum Gasteiger partial charge on any atom is -0.196 e. The van der Waals surface area contributed by atoms with E-state index < -0.39 is 9.75 Å². The molecule has 0 spiro atoms. The molecule has 2 rings (SSSR count). The molecule has 0 radical (unpaired) electrons. The predicted octanol–water partition coefficient (Wildman–Crippen LogP) is 2.62. The summed E-state index contributed by atoms with van der Waals surface area (Å²) in [6, 6.07) is 4.05. The van der Waals surface area contributed by atoms with Gasteiger partial charge in [-0.3, -0.25) is 0 Å². The monoisotopic (exact) mass is 214 g/mol. The van der Waals surface area contributed by atoms with E-state index >= 15 is 0 Å². The summed E-state index contributed by atoms with van der Waals surface area (Å²) in [6.45, 7) is 0. The summed E-state index contributed by atoms with van der Waals surface area (Å²) in [4.78, 5) is 0. The smallest absolute Gasteiger partial charge is 0.179 e. The lowest BCUT2D eigenvalue weighted by molar-refractivity contribution is 0.299. The lowest BCUT2D eigenvalue weighted by Gasteiger charge is -2.35. The summed E-state index contributed by atoms with van der Waals surface area (Å²) in [5, 5.41) is 18.1. The highest BCUT2D eigenvalue weighted by molar-refractivity contribution is 6.50. The van der Waals surface area contributed by atoms with Crippen molar-refractivity contribution >= 4 is 23.2 Å². The normalized spacial score (nSPS) is 38.2. The molecule has 2 atom stereocenters. The second-order valence-corrected chi connectivity index (χ2v) is 5.25. The van der Waals surface area contributed by atoms with E-state index in [1.54, 1.807) is 0 Å². The minimum atomic E-state index is -1.17. The van der Waals surface area contributed by atoms with Crippen LogP contribution in [0.1, 0.15) is 19.3 Å². The number of fused-ring (bicyclic) bond motifs is 2. The molecule has 0 aliphatic heterocycles. The maximum atomic E-state index is 9.03. The molecule has 0 aromatic carbocycles. The van der Waals surface area contributed by atoms with Gasteiger partial charge in [0, 0.05) is 0 Å². The molecule has 0 saturated heterocycles. The van der Waals surface area contributed by atoms with E-state index in [2.05, 4.69) is 0 Å². The molecule has 68 valence electrons. The summed E-state index contributed by atoms with van der Waals surface area (Å²) < 4.78 is -1.15. The van der Waals surface area contributed by atoms with Crippen LogP contribution in [0.2, 0.25) is 0 Å². The standard InChI is InChI=1S/C9H8Cl2N2/c10-9(11)7-2-1-6(3-7)8(9,4-12)5-13/h6-7H,1-3H2. The Balaban J connectivity index is 2.51. The molecule has 2 bridgehead atoms. The Kier molecular flexibility index (Phi) is 1.78. The molecule has 2 saturated carbocycles. The van der Waals surface area contributed by atoms with Gasteiger partial charge in [0.25, 0.3) is 0 Å². The first kappa shape index (κ1) is 9.13. The van der Waals surface area contributed by atoms with Crippen LogP contribution in [0, 0.1) is 39.9 Å². The number of hydrogen-bond donors (Lipinski definition) is 0. The second-order valence-electron chi connectivity index (χ2n) is 3.86. The van der Waals surface area contributed by atoms with E-state index in [9.17, 15) is 0 Å².